The smallest absolute Gasteiger partial charge is 0.289 e. The van der Waals surface area contributed by atoms with E-state index in [-0.39, 0.29) is 5.91 Å². The predicted molar refractivity (Wildman–Crippen MR) is 87.9 cm³/mol. The lowest BCUT2D eigenvalue weighted by molar-refractivity contribution is 0.0692. The molecular weight excluding hydrogens is 296 g/mol. The van der Waals surface area contributed by atoms with Crippen LogP contribution >= 0.6 is 11.3 Å². The van der Waals surface area contributed by atoms with Gasteiger partial charge >= 0.3 is 0 Å². The zero-order valence-corrected chi connectivity index (χ0v) is 13.5. The average Bonchev–Trinajstić information content (AvgIpc) is 3.14. The van der Waals surface area contributed by atoms with E-state index in [2.05, 4.69) is 18.8 Å². The first-order valence-electron chi connectivity index (χ1n) is 7.29. The van der Waals surface area contributed by atoms with E-state index < -0.39 is 0 Å². The molecule has 0 spiro atoms. The molecule has 3 rings (SSSR count). The van der Waals surface area contributed by atoms with Crippen LogP contribution in [0.25, 0.3) is 11.0 Å². The molecule has 0 aliphatic heterocycles. The van der Waals surface area contributed by atoms with E-state index in [0.29, 0.717) is 24.8 Å². The number of fused-ring (bicyclic) bond motifs is 1. The van der Waals surface area contributed by atoms with Crippen molar-refractivity contribution in [2.45, 2.75) is 20.4 Å². The number of nitrogens with zero attached hydrogens (tertiary/aromatic N) is 2. The van der Waals surface area contributed by atoms with Crippen LogP contribution in [0.3, 0.4) is 0 Å². The molecule has 1 amide bonds. The lowest BCUT2D eigenvalue weighted by Crippen LogP contribution is -2.33. The highest BCUT2D eigenvalue weighted by Crippen LogP contribution is 2.21. The number of rotatable bonds is 5. The maximum absolute atomic E-state index is 12.8. The molecule has 0 fully saturated rings. The molecule has 0 saturated heterocycles. The molecule has 0 unspecified atom stereocenters. The van der Waals surface area contributed by atoms with Crippen molar-refractivity contribution in [2.24, 2.45) is 5.92 Å². The Morgan fingerprint density at radius 1 is 1.36 bits per heavy atom. The van der Waals surface area contributed by atoms with E-state index >= 15 is 0 Å². The Morgan fingerprint density at radius 3 is 2.86 bits per heavy atom. The van der Waals surface area contributed by atoms with Crippen LogP contribution in [-0.4, -0.2) is 22.3 Å². The number of para-hydroxylation sites is 1. The van der Waals surface area contributed by atoms with Gasteiger partial charge in [0.15, 0.2) is 5.76 Å². The summed E-state index contributed by atoms with van der Waals surface area (Å²) in [5.74, 6) is 0.687. The van der Waals surface area contributed by atoms with Gasteiger partial charge in [-0.15, -0.1) is 11.3 Å². The van der Waals surface area contributed by atoms with Crippen LogP contribution in [0.1, 0.15) is 29.4 Å². The van der Waals surface area contributed by atoms with Crippen molar-refractivity contribution in [3.8, 4) is 0 Å². The van der Waals surface area contributed by atoms with Crippen LogP contribution in [0.4, 0.5) is 0 Å². The maximum atomic E-state index is 12.8. The second-order valence-corrected chi connectivity index (χ2v) is 6.63. The Labute approximate surface area is 133 Å². The molecule has 0 aliphatic rings. The summed E-state index contributed by atoms with van der Waals surface area (Å²) in [6, 6.07) is 9.48. The van der Waals surface area contributed by atoms with Gasteiger partial charge in [0.1, 0.15) is 10.6 Å². The summed E-state index contributed by atoms with van der Waals surface area (Å²) >= 11 is 1.56. The van der Waals surface area contributed by atoms with Gasteiger partial charge < -0.3 is 9.32 Å². The van der Waals surface area contributed by atoms with Gasteiger partial charge in [0.25, 0.3) is 5.91 Å². The van der Waals surface area contributed by atoms with Crippen LogP contribution in [0.2, 0.25) is 0 Å². The van der Waals surface area contributed by atoms with Gasteiger partial charge in [-0.2, -0.15) is 0 Å². The quantitative estimate of drug-likeness (QED) is 0.709. The van der Waals surface area contributed by atoms with Crippen molar-refractivity contribution < 1.29 is 9.21 Å². The Bertz CT molecular complexity index is 729. The number of hydrogen-bond donors (Lipinski definition) is 0. The van der Waals surface area contributed by atoms with Gasteiger partial charge in [-0.1, -0.05) is 32.0 Å². The Morgan fingerprint density at radius 2 is 2.18 bits per heavy atom. The highest BCUT2D eigenvalue weighted by molar-refractivity contribution is 7.09. The van der Waals surface area contributed by atoms with E-state index in [0.717, 1.165) is 16.0 Å². The van der Waals surface area contributed by atoms with Gasteiger partial charge in [-0.25, -0.2) is 4.98 Å². The zero-order chi connectivity index (χ0) is 15.5. The summed E-state index contributed by atoms with van der Waals surface area (Å²) in [5, 5.41) is 3.81. The third-order valence-electron chi connectivity index (χ3n) is 3.32. The van der Waals surface area contributed by atoms with Crippen LogP contribution in [0.15, 0.2) is 46.3 Å². The molecular formula is C17H18N2O2S. The number of carbonyl (C=O) groups excluding carboxylic acids is 1. The molecule has 0 radical (unpaired) electrons. The Hall–Kier alpha value is -2.14. The van der Waals surface area contributed by atoms with E-state index in [4.69, 9.17) is 4.42 Å². The topological polar surface area (TPSA) is 46.3 Å². The molecule has 5 heteroatoms. The summed E-state index contributed by atoms with van der Waals surface area (Å²) < 4.78 is 5.70. The van der Waals surface area contributed by atoms with Crippen molar-refractivity contribution in [3.63, 3.8) is 0 Å². The van der Waals surface area contributed by atoms with Crippen LogP contribution in [0.5, 0.6) is 0 Å². The number of amides is 1. The molecule has 3 aromatic rings. The van der Waals surface area contributed by atoms with Crippen molar-refractivity contribution in [1.82, 2.24) is 9.88 Å². The minimum atomic E-state index is -0.0832. The molecule has 114 valence electrons. The summed E-state index contributed by atoms with van der Waals surface area (Å²) in [5.41, 5.74) is 0.740. The monoisotopic (exact) mass is 314 g/mol. The molecule has 0 bridgehead atoms. The number of hydrogen-bond acceptors (Lipinski definition) is 4. The van der Waals surface area contributed by atoms with Gasteiger partial charge in [-0.3, -0.25) is 4.79 Å². The summed E-state index contributed by atoms with van der Waals surface area (Å²) in [7, 11) is 0. The normalized spacial score (nSPS) is 11.2. The number of furan rings is 1. The van der Waals surface area contributed by atoms with Crippen molar-refractivity contribution in [2.75, 3.05) is 6.54 Å². The minimum Gasteiger partial charge on any atom is -0.451 e. The van der Waals surface area contributed by atoms with Gasteiger partial charge in [0, 0.05) is 23.5 Å². The summed E-state index contributed by atoms with van der Waals surface area (Å²) in [4.78, 5) is 18.9. The van der Waals surface area contributed by atoms with Crippen LogP contribution < -0.4 is 0 Å². The molecule has 0 aliphatic carbocycles. The fourth-order valence-electron chi connectivity index (χ4n) is 2.40. The second kappa shape index (κ2) is 6.32. The van der Waals surface area contributed by atoms with Gasteiger partial charge in [-0.05, 0) is 18.1 Å². The van der Waals surface area contributed by atoms with Gasteiger partial charge in [0.2, 0.25) is 0 Å². The maximum Gasteiger partial charge on any atom is 0.289 e. The van der Waals surface area contributed by atoms with Crippen molar-refractivity contribution in [3.05, 3.63) is 52.7 Å². The van der Waals surface area contributed by atoms with E-state index in [1.54, 1.807) is 22.4 Å². The molecule has 2 heterocycles. The summed E-state index contributed by atoms with van der Waals surface area (Å²) in [6.07, 6.45) is 1.76. The van der Waals surface area contributed by atoms with Crippen molar-refractivity contribution in [1.29, 1.82) is 0 Å². The fourth-order valence-corrected chi connectivity index (χ4v) is 3.03. The second-order valence-electron chi connectivity index (χ2n) is 5.65. The minimum absolute atomic E-state index is 0.0832. The van der Waals surface area contributed by atoms with E-state index in [1.807, 2.05) is 35.7 Å². The molecule has 22 heavy (non-hydrogen) atoms. The van der Waals surface area contributed by atoms with Crippen LogP contribution in [-0.2, 0) is 6.54 Å². The third kappa shape index (κ3) is 3.20. The lowest BCUT2D eigenvalue weighted by atomic mass is 10.2. The van der Waals surface area contributed by atoms with E-state index in [9.17, 15) is 4.79 Å². The largest absolute Gasteiger partial charge is 0.451 e. The lowest BCUT2D eigenvalue weighted by Gasteiger charge is -2.22. The highest BCUT2D eigenvalue weighted by atomic mass is 32.1. The number of aromatic nitrogens is 1. The number of benzene rings is 1. The predicted octanol–water partition coefficient (Wildman–Crippen LogP) is 4.19. The molecule has 1 aromatic carbocycles. The van der Waals surface area contributed by atoms with E-state index in [1.165, 1.54) is 0 Å². The number of thiazole rings is 1. The fraction of sp³-hybridized carbons (Fsp3) is 0.294. The Kier molecular flexibility index (Phi) is 4.24. The SMILES string of the molecule is CC(C)CN(Cc1nccs1)C(=O)c1cc2ccccc2o1. The molecule has 0 atom stereocenters. The first-order valence-corrected chi connectivity index (χ1v) is 8.17. The molecule has 2 aromatic heterocycles. The first-order chi connectivity index (χ1) is 10.6. The van der Waals surface area contributed by atoms with Crippen molar-refractivity contribution >= 4 is 28.2 Å². The van der Waals surface area contributed by atoms with Gasteiger partial charge in [0.05, 0.1) is 6.54 Å². The standard InChI is InChI=1S/C17H18N2O2S/c1-12(2)10-19(11-16-18-7-8-22-16)17(20)15-9-13-5-3-4-6-14(13)21-15/h3-9,12H,10-11H2,1-2H3. The van der Waals surface area contributed by atoms with Crippen LogP contribution in [0, 0.1) is 5.92 Å². The third-order valence-corrected chi connectivity index (χ3v) is 4.08. The number of carbonyl (C=O) groups is 1. The first kappa shape index (κ1) is 14.8. The molecule has 4 nitrogen and oxygen atoms in total. The zero-order valence-electron chi connectivity index (χ0n) is 12.7. The summed E-state index contributed by atoms with van der Waals surface area (Å²) in [6.45, 7) is 5.39. The molecule has 0 saturated carbocycles. The highest BCUT2D eigenvalue weighted by Gasteiger charge is 2.21. The average molecular weight is 314 g/mol. The Balaban J connectivity index is 1.87. The molecule has 0 N–H and O–H groups in total.